The first-order valence-electron chi connectivity index (χ1n) is 8.46. The molecular formula is C18H22ClN4O2S+. The van der Waals surface area contributed by atoms with Gasteiger partial charge in [0, 0.05) is 10.7 Å². The van der Waals surface area contributed by atoms with E-state index in [9.17, 15) is 9.59 Å². The largest absolute Gasteiger partial charge is 0.366 e. The topological polar surface area (TPSA) is 79.9 Å². The van der Waals surface area contributed by atoms with Crippen LogP contribution in [0, 0.1) is 6.92 Å². The Morgan fingerprint density at radius 3 is 2.73 bits per heavy atom. The fourth-order valence-electron chi connectivity index (χ4n) is 3.16. The maximum absolute atomic E-state index is 12.3. The van der Waals surface area contributed by atoms with Gasteiger partial charge in [-0.15, -0.1) is 11.3 Å². The van der Waals surface area contributed by atoms with Gasteiger partial charge in [-0.3, -0.25) is 9.59 Å². The van der Waals surface area contributed by atoms with Gasteiger partial charge in [-0.2, -0.15) is 0 Å². The zero-order chi connectivity index (χ0) is 18.7. The summed E-state index contributed by atoms with van der Waals surface area (Å²) in [6.07, 6.45) is 0. The molecule has 8 heteroatoms. The predicted octanol–water partition coefficient (Wildman–Crippen LogP) is 1.15. The minimum absolute atomic E-state index is 0.0997. The zero-order valence-electron chi connectivity index (χ0n) is 14.5. The molecule has 0 aliphatic carbocycles. The molecule has 26 heavy (non-hydrogen) atoms. The molecule has 1 aromatic heterocycles. The number of hydrogen-bond donors (Lipinski definition) is 3. The van der Waals surface area contributed by atoms with Gasteiger partial charge in [0.05, 0.1) is 31.7 Å². The van der Waals surface area contributed by atoms with Crippen molar-refractivity contribution in [1.29, 1.82) is 0 Å². The number of hydrogen-bond acceptors (Lipinski definition) is 4. The molecule has 0 radical (unpaired) electrons. The number of benzene rings is 1. The van der Waals surface area contributed by atoms with Crippen molar-refractivity contribution in [3.8, 4) is 0 Å². The van der Waals surface area contributed by atoms with Gasteiger partial charge in [0.25, 0.3) is 11.8 Å². The molecule has 0 spiro atoms. The highest BCUT2D eigenvalue weighted by atomic mass is 35.5. The van der Waals surface area contributed by atoms with Crippen LogP contribution in [0.3, 0.4) is 0 Å². The Hall–Kier alpha value is -2.09. The number of nitrogens with two attached hydrogens (primary N) is 1. The smallest absolute Gasteiger partial charge is 0.280 e. The normalized spacial score (nSPS) is 15.1. The Bertz CT molecular complexity index is 815. The lowest BCUT2D eigenvalue weighted by atomic mass is 10.1. The Balaban J connectivity index is 1.54. The number of amides is 2. The van der Waals surface area contributed by atoms with Crippen molar-refractivity contribution in [1.82, 2.24) is 0 Å². The van der Waals surface area contributed by atoms with Gasteiger partial charge in [-0.25, -0.2) is 0 Å². The molecule has 2 amide bonds. The van der Waals surface area contributed by atoms with Crippen LogP contribution in [0.4, 0.5) is 10.7 Å². The minimum atomic E-state index is -0.528. The van der Waals surface area contributed by atoms with Gasteiger partial charge in [-0.05, 0) is 36.1 Å². The summed E-state index contributed by atoms with van der Waals surface area (Å²) >= 11 is 7.43. The van der Waals surface area contributed by atoms with E-state index in [4.69, 9.17) is 17.3 Å². The first-order valence-corrected chi connectivity index (χ1v) is 9.71. The number of aryl methyl sites for hydroxylation is 1. The lowest BCUT2D eigenvalue weighted by Gasteiger charge is -2.34. The highest BCUT2D eigenvalue weighted by Crippen LogP contribution is 2.24. The number of rotatable bonds is 5. The molecule has 2 heterocycles. The number of carbonyl (C=O) groups excluding carboxylic acids is 2. The number of thiophene rings is 1. The third-order valence-corrected chi connectivity index (χ3v) is 5.64. The lowest BCUT2D eigenvalue weighted by Crippen LogP contribution is -3.15. The third kappa shape index (κ3) is 4.35. The van der Waals surface area contributed by atoms with E-state index in [1.807, 2.05) is 18.2 Å². The van der Waals surface area contributed by atoms with Gasteiger partial charge in [0.15, 0.2) is 6.54 Å². The molecule has 1 saturated heterocycles. The van der Waals surface area contributed by atoms with E-state index in [0.29, 0.717) is 17.1 Å². The second kappa shape index (κ2) is 8.07. The van der Waals surface area contributed by atoms with E-state index in [2.05, 4.69) is 17.1 Å². The van der Waals surface area contributed by atoms with E-state index in [1.54, 1.807) is 11.4 Å². The van der Waals surface area contributed by atoms with E-state index in [1.165, 1.54) is 21.8 Å². The fraction of sp³-hybridized carbons (Fsp3) is 0.333. The van der Waals surface area contributed by atoms with E-state index in [0.717, 1.165) is 36.9 Å². The Labute approximate surface area is 161 Å². The second-order valence-electron chi connectivity index (χ2n) is 6.42. The van der Waals surface area contributed by atoms with Crippen LogP contribution in [-0.4, -0.2) is 44.5 Å². The van der Waals surface area contributed by atoms with Gasteiger partial charge in [-0.1, -0.05) is 17.7 Å². The summed E-state index contributed by atoms with van der Waals surface area (Å²) in [4.78, 5) is 27.2. The van der Waals surface area contributed by atoms with Gasteiger partial charge >= 0.3 is 0 Å². The maximum atomic E-state index is 12.3. The molecule has 1 aromatic carbocycles. The van der Waals surface area contributed by atoms with Crippen LogP contribution in [-0.2, 0) is 4.79 Å². The van der Waals surface area contributed by atoms with Crippen molar-refractivity contribution in [2.45, 2.75) is 6.92 Å². The van der Waals surface area contributed by atoms with E-state index >= 15 is 0 Å². The number of carbonyl (C=O) groups is 2. The van der Waals surface area contributed by atoms with Crippen LogP contribution in [0.1, 0.15) is 15.9 Å². The van der Waals surface area contributed by atoms with Gasteiger partial charge in [0.1, 0.15) is 5.00 Å². The van der Waals surface area contributed by atoms with Crippen molar-refractivity contribution in [3.05, 3.63) is 45.8 Å². The number of nitrogens with zero attached hydrogens (tertiary/aromatic N) is 1. The minimum Gasteiger partial charge on any atom is -0.366 e. The molecule has 2 aromatic rings. The summed E-state index contributed by atoms with van der Waals surface area (Å²) in [6, 6.07) is 7.55. The summed E-state index contributed by atoms with van der Waals surface area (Å²) in [6.45, 7) is 5.93. The molecule has 0 saturated carbocycles. The molecule has 0 unspecified atom stereocenters. The molecule has 3 rings (SSSR count). The molecule has 1 fully saturated rings. The van der Waals surface area contributed by atoms with Crippen molar-refractivity contribution >= 4 is 45.4 Å². The number of halogens is 1. The fourth-order valence-corrected chi connectivity index (χ4v) is 4.14. The van der Waals surface area contributed by atoms with Crippen LogP contribution in [0.25, 0.3) is 0 Å². The van der Waals surface area contributed by atoms with Crippen LogP contribution in [0.5, 0.6) is 0 Å². The first-order chi connectivity index (χ1) is 12.4. The van der Waals surface area contributed by atoms with Crippen molar-refractivity contribution in [3.63, 3.8) is 0 Å². The Kier molecular flexibility index (Phi) is 5.80. The second-order valence-corrected chi connectivity index (χ2v) is 7.77. The monoisotopic (exact) mass is 393 g/mol. The maximum Gasteiger partial charge on any atom is 0.280 e. The molecule has 1 aliphatic rings. The molecular weight excluding hydrogens is 372 g/mol. The summed E-state index contributed by atoms with van der Waals surface area (Å²) < 4.78 is 0. The number of quaternary nitrogens is 1. The predicted molar refractivity (Wildman–Crippen MR) is 105 cm³/mol. The van der Waals surface area contributed by atoms with Gasteiger partial charge in [0.2, 0.25) is 0 Å². The average Bonchev–Trinajstić information content (AvgIpc) is 3.06. The van der Waals surface area contributed by atoms with Crippen LogP contribution >= 0.6 is 22.9 Å². The molecule has 4 N–H and O–H groups in total. The molecule has 0 bridgehead atoms. The van der Waals surface area contributed by atoms with E-state index in [-0.39, 0.29) is 5.91 Å². The summed E-state index contributed by atoms with van der Waals surface area (Å²) in [5.74, 6) is -0.628. The molecule has 0 atom stereocenters. The highest BCUT2D eigenvalue weighted by Gasteiger charge is 2.24. The lowest BCUT2D eigenvalue weighted by molar-refractivity contribution is -0.892. The summed E-state index contributed by atoms with van der Waals surface area (Å²) in [5.41, 5.74) is 8.03. The molecule has 1 aliphatic heterocycles. The van der Waals surface area contributed by atoms with Crippen molar-refractivity contribution in [2.24, 2.45) is 5.73 Å². The zero-order valence-corrected chi connectivity index (χ0v) is 16.1. The first kappa shape index (κ1) is 18.7. The van der Waals surface area contributed by atoms with Crippen LogP contribution < -0.4 is 20.9 Å². The standard InChI is InChI=1S/C18H21ClN4O2S/c1-12-2-3-13(19)10-15(12)23-7-5-22(6-8-23)11-16(24)21-18-14(17(20)25)4-9-26-18/h2-4,9-10H,5-8,11H2,1H3,(H2,20,25)(H,21,24)/p+1. The Morgan fingerprint density at radius 2 is 2.04 bits per heavy atom. The van der Waals surface area contributed by atoms with Crippen LogP contribution in [0.2, 0.25) is 5.02 Å². The van der Waals surface area contributed by atoms with Crippen molar-refractivity contribution in [2.75, 3.05) is 42.9 Å². The summed E-state index contributed by atoms with van der Waals surface area (Å²) in [7, 11) is 0. The third-order valence-electron chi connectivity index (χ3n) is 4.58. The summed E-state index contributed by atoms with van der Waals surface area (Å²) in [5, 5.41) is 5.81. The molecule has 6 nitrogen and oxygen atoms in total. The number of piperazine rings is 1. The SMILES string of the molecule is Cc1ccc(Cl)cc1N1CC[NH+](CC(=O)Nc2sccc2C(N)=O)CC1. The average molecular weight is 394 g/mol. The quantitative estimate of drug-likeness (QED) is 0.713. The highest BCUT2D eigenvalue weighted by molar-refractivity contribution is 7.14. The number of anilines is 2. The van der Waals surface area contributed by atoms with Crippen LogP contribution in [0.15, 0.2) is 29.6 Å². The van der Waals surface area contributed by atoms with E-state index < -0.39 is 5.91 Å². The molecule has 138 valence electrons. The van der Waals surface area contributed by atoms with Gasteiger partial charge < -0.3 is 20.9 Å². The van der Waals surface area contributed by atoms with Crippen molar-refractivity contribution < 1.29 is 14.5 Å². The Morgan fingerprint density at radius 1 is 1.31 bits per heavy atom. The number of nitrogens with one attached hydrogen (secondary N) is 2. The number of primary amides is 1.